The Kier molecular flexibility index (Phi) is 6.33. The molecule has 106 valence electrons. The number of carbonyl (C=O) groups excluding carboxylic acids is 1. The third-order valence-electron chi connectivity index (χ3n) is 2.82. The lowest BCUT2D eigenvalue weighted by Gasteiger charge is -2.22. The van der Waals surface area contributed by atoms with Crippen LogP contribution in [-0.2, 0) is 0 Å². The highest BCUT2D eigenvalue weighted by atomic mass is 16.2. The Morgan fingerprint density at radius 1 is 1.37 bits per heavy atom. The second-order valence-electron chi connectivity index (χ2n) is 5.10. The smallest absolute Gasteiger partial charge is 0.255 e. The van der Waals surface area contributed by atoms with Crippen molar-refractivity contribution in [2.75, 3.05) is 25.0 Å². The average Bonchev–Trinajstić information content (AvgIpc) is 2.42. The van der Waals surface area contributed by atoms with Gasteiger partial charge in [0, 0.05) is 25.8 Å². The molecule has 4 nitrogen and oxygen atoms in total. The number of hydrogen-bond acceptors (Lipinski definition) is 3. The fourth-order valence-corrected chi connectivity index (χ4v) is 1.86. The monoisotopic (exact) mass is 263 g/mol. The van der Waals surface area contributed by atoms with E-state index in [9.17, 15) is 4.79 Å². The number of carbonyl (C=O) groups is 1. The summed E-state index contributed by atoms with van der Waals surface area (Å²) in [5.74, 6) is 1.36. The van der Waals surface area contributed by atoms with Crippen LogP contribution in [-0.4, -0.2) is 35.4 Å². The zero-order valence-corrected chi connectivity index (χ0v) is 12.4. The van der Waals surface area contributed by atoms with Crippen LogP contribution in [0, 0.1) is 5.92 Å². The quantitative estimate of drug-likeness (QED) is 0.822. The van der Waals surface area contributed by atoms with Crippen molar-refractivity contribution in [3.63, 3.8) is 0 Å². The van der Waals surface area contributed by atoms with Gasteiger partial charge in [-0.2, -0.15) is 0 Å². The number of hydrogen-bond donors (Lipinski definition) is 1. The lowest BCUT2D eigenvalue weighted by Crippen LogP contribution is -2.34. The van der Waals surface area contributed by atoms with E-state index in [0.29, 0.717) is 11.5 Å². The Morgan fingerprint density at radius 2 is 2.11 bits per heavy atom. The second kappa shape index (κ2) is 7.77. The van der Waals surface area contributed by atoms with Gasteiger partial charge in [-0.1, -0.05) is 20.8 Å². The third kappa shape index (κ3) is 4.89. The first kappa shape index (κ1) is 15.5. The van der Waals surface area contributed by atoms with Crippen LogP contribution >= 0.6 is 0 Å². The van der Waals surface area contributed by atoms with Crippen LogP contribution in [0.2, 0.25) is 0 Å². The van der Waals surface area contributed by atoms with E-state index in [2.05, 4.69) is 31.1 Å². The first-order valence-corrected chi connectivity index (χ1v) is 7.07. The normalized spacial score (nSPS) is 10.6. The van der Waals surface area contributed by atoms with E-state index in [-0.39, 0.29) is 5.91 Å². The molecule has 1 aromatic heterocycles. The maximum absolute atomic E-state index is 12.3. The van der Waals surface area contributed by atoms with Crippen molar-refractivity contribution in [2.45, 2.75) is 34.1 Å². The number of anilines is 1. The lowest BCUT2D eigenvalue weighted by atomic mass is 10.2. The molecular weight excluding hydrogens is 238 g/mol. The molecule has 19 heavy (non-hydrogen) atoms. The minimum absolute atomic E-state index is 0.0609. The molecule has 1 aromatic rings. The molecule has 0 fully saturated rings. The fourth-order valence-electron chi connectivity index (χ4n) is 1.86. The molecule has 4 heteroatoms. The SMILES string of the molecule is CCCNc1ccc(C(=O)N(CC)CC(C)C)cn1. The largest absolute Gasteiger partial charge is 0.370 e. The number of nitrogens with zero attached hydrogens (tertiary/aromatic N) is 2. The van der Waals surface area contributed by atoms with Crippen molar-refractivity contribution >= 4 is 11.7 Å². The molecule has 1 heterocycles. The van der Waals surface area contributed by atoms with Crippen molar-refractivity contribution in [1.29, 1.82) is 0 Å². The van der Waals surface area contributed by atoms with Gasteiger partial charge in [-0.15, -0.1) is 0 Å². The van der Waals surface area contributed by atoms with Crippen molar-refractivity contribution in [3.05, 3.63) is 23.9 Å². The minimum atomic E-state index is 0.0609. The number of aromatic nitrogens is 1. The number of nitrogens with one attached hydrogen (secondary N) is 1. The predicted molar refractivity (Wildman–Crippen MR) is 79.4 cm³/mol. The molecule has 0 bridgehead atoms. The van der Waals surface area contributed by atoms with Gasteiger partial charge in [0.05, 0.1) is 5.56 Å². The van der Waals surface area contributed by atoms with Crippen molar-refractivity contribution in [3.8, 4) is 0 Å². The van der Waals surface area contributed by atoms with Crippen LogP contribution in [0.4, 0.5) is 5.82 Å². The number of rotatable bonds is 7. The van der Waals surface area contributed by atoms with E-state index >= 15 is 0 Å². The zero-order valence-electron chi connectivity index (χ0n) is 12.4. The molecule has 1 N–H and O–H groups in total. The minimum Gasteiger partial charge on any atom is -0.370 e. The fraction of sp³-hybridized carbons (Fsp3) is 0.600. The van der Waals surface area contributed by atoms with Crippen LogP contribution in [0.1, 0.15) is 44.5 Å². The molecule has 1 amide bonds. The molecule has 0 aliphatic carbocycles. The molecular formula is C15H25N3O. The highest BCUT2D eigenvalue weighted by Gasteiger charge is 2.15. The predicted octanol–water partition coefficient (Wildman–Crippen LogP) is 3.02. The van der Waals surface area contributed by atoms with Crippen molar-refractivity contribution in [2.24, 2.45) is 5.92 Å². The third-order valence-corrected chi connectivity index (χ3v) is 2.82. The van der Waals surface area contributed by atoms with Gasteiger partial charge in [-0.25, -0.2) is 4.98 Å². The molecule has 0 aliphatic rings. The van der Waals surface area contributed by atoms with Gasteiger partial charge >= 0.3 is 0 Å². The van der Waals surface area contributed by atoms with Gasteiger partial charge in [-0.05, 0) is 31.4 Å². The van der Waals surface area contributed by atoms with Gasteiger partial charge in [0.15, 0.2) is 0 Å². The van der Waals surface area contributed by atoms with E-state index < -0.39 is 0 Å². The summed E-state index contributed by atoms with van der Waals surface area (Å²) in [6, 6.07) is 3.71. The Balaban J connectivity index is 2.70. The Morgan fingerprint density at radius 3 is 2.58 bits per heavy atom. The van der Waals surface area contributed by atoms with Crippen LogP contribution in [0.25, 0.3) is 0 Å². The van der Waals surface area contributed by atoms with Gasteiger partial charge < -0.3 is 10.2 Å². The van der Waals surface area contributed by atoms with E-state index in [1.54, 1.807) is 6.20 Å². The number of amides is 1. The summed E-state index contributed by atoms with van der Waals surface area (Å²) in [5.41, 5.74) is 0.657. The van der Waals surface area contributed by atoms with Crippen LogP contribution in [0.15, 0.2) is 18.3 Å². The summed E-state index contributed by atoms with van der Waals surface area (Å²) in [7, 11) is 0. The van der Waals surface area contributed by atoms with E-state index in [4.69, 9.17) is 0 Å². The Labute approximate surface area is 116 Å². The topological polar surface area (TPSA) is 45.2 Å². The van der Waals surface area contributed by atoms with E-state index in [0.717, 1.165) is 31.9 Å². The molecule has 0 saturated carbocycles. The van der Waals surface area contributed by atoms with Crippen LogP contribution in [0.3, 0.4) is 0 Å². The molecule has 0 aliphatic heterocycles. The molecule has 0 atom stereocenters. The van der Waals surface area contributed by atoms with Gasteiger partial charge in [0.25, 0.3) is 5.91 Å². The highest BCUT2D eigenvalue weighted by Crippen LogP contribution is 2.09. The summed E-state index contributed by atoms with van der Waals surface area (Å²) < 4.78 is 0. The summed E-state index contributed by atoms with van der Waals surface area (Å²) in [6.45, 7) is 10.8. The van der Waals surface area contributed by atoms with E-state index in [1.807, 2.05) is 24.0 Å². The Hall–Kier alpha value is -1.58. The average molecular weight is 263 g/mol. The van der Waals surface area contributed by atoms with Gasteiger partial charge in [0.1, 0.15) is 5.82 Å². The van der Waals surface area contributed by atoms with Crippen LogP contribution in [0.5, 0.6) is 0 Å². The summed E-state index contributed by atoms with van der Waals surface area (Å²) in [6.07, 6.45) is 2.71. The first-order valence-electron chi connectivity index (χ1n) is 7.07. The standard InChI is InChI=1S/C15H25N3O/c1-5-9-16-14-8-7-13(10-17-14)15(19)18(6-2)11-12(3)4/h7-8,10,12H,5-6,9,11H2,1-4H3,(H,16,17). The maximum atomic E-state index is 12.3. The molecule has 0 radical (unpaired) electrons. The Bertz CT molecular complexity index is 387. The molecule has 0 aromatic carbocycles. The molecule has 1 rings (SSSR count). The summed E-state index contributed by atoms with van der Waals surface area (Å²) >= 11 is 0. The summed E-state index contributed by atoms with van der Waals surface area (Å²) in [4.78, 5) is 18.4. The molecule has 0 unspecified atom stereocenters. The zero-order chi connectivity index (χ0) is 14.3. The molecule has 0 spiro atoms. The lowest BCUT2D eigenvalue weighted by molar-refractivity contribution is 0.0745. The second-order valence-corrected chi connectivity index (χ2v) is 5.10. The van der Waals surface area contributed by atoms with Gasteiger partial charge in [0.2, 0.25) is 0 Å². The van der Waals surface area contributed by atoms with Crippen molar-refractivity contribution < 1.29 is 4.79 Å². The molecule has 0 saturated heterocycles. The van der Waals surface area contributed by atoms with E-state index in [1.165, 1.54) is 0 Å². The number of pyridine rings is 1. The first-order chi connectivity index (χ1) is 9.08. The van der Waals surface area contributed by atoms with Crippen molar-refractivity contribution in [1.82, 2.24) is 9.88 Å². The van der Waals surface area contributed by atoms with Crippen LogP contribution < -0.4 is 5.32 Å². The van der Waals surface area contributed by atoms with Gasteiger partial charge in [-0.3, -0.25) is 4.79 Å². The summed E-state index contributed by atoms with van der Waals surface area (Å²) in [5, 5.41) is 3.20. The maximum Gasteiger partial charge on any atom is 0.255 e. The highest BCUT2D eigenvalue weighted by molar-refractivity contribution is 5.94.